The van der Waals surface area contributed by atoms with Crippen LogP contribution in [0.2, 0.25) is 0 Å². The number of aromatic nitrogens is 1. The smallest absolute Gasteiger partial charge is 0.0885 e. The molecule has 0 fully saturated rings. The van der Waals surface area contributed by atoms with Crippen molar-refractivity contribution in [1.29, 1.82) is 0 Å². The van der Waals surface area contributed by atoms with Crippen molar-refractivity contribution in [3.05, 3.63) is 54.4 Å². The van der Waals surface area contributed by atoms with Crippen LogP contribution in [0.25, 0.3) is 0 Å². The highest BCUT2D eigenvalue weighted by Gasteiger charge is 2.17. The summed E-state index contributed by atoms with van der Waals surface area (Å²) in [6, 6.07) is 12.3. The first-order chi connectivity index (χ1) is 8.42. The van der Waals surface area contributed by atoms with Crippen molar-refractivity contribution < 1.29 is 4.84 Å². The van der Waals surface area contributed by atoms with Crippen molar-refractivity contribution in [3.8, 4) is 0 Å². The molecule has 1 aliphatic heterocycles. The third-order valence-electron chi connectivity index (χ3n) is 2.84. The molecule has 1 aromatic carbocycles. The maximum Gasteiger partial charge on any atom is 0.0885 e. The fourth-order valence-electron chi connectivity index (χ4n) is 1.95. The van der Waals surface area contributed by atoms with Crippen LogP contribution in [-0.2, 0) is 17.9 Å². The van der Waals surface area contributed by atoms with Crippen LogP contribution in [0.1, 0.15) is 5.56 Å². The molecule has 0 atom stereocenters. The molecule has 1 aromatic heterocycles. The first-order valence-electron chi connectivity index (χ1n) is 5.77. The first kappa shape index (κ1) is 10.4. The molecule has 2 aromatic rings. The topological polar surface area (TPSA) is 29.4 Å². The molecule has 88 valence electrons. The van der Waals surface area contributed by atoms with E-state index >= 15 is 0 Å². The lowest BCUT2D eigenvalue weighted by Crippen LogP contribution is -2.25. The van der Waals surface area contributed by atoms with Gasteiger partial charge in [0.25, 0.3) is 0 Å². The Labute approximate surface area is 100 Å². The molecule has 0 spiro atoms. The SMILES string of the molecule is c1ccc2c(c1)CN(OCCn1cccc1)N2. The Morgan fingerprint density at radius 2 is 1.94 bits per heavy atom. The van der Waals surface area contributed by atoms with Gasteiger partial charge in [-0.25, -0.2) is 0 Å². The minimum absolute atomic E-state index is 0.662. The van der Waals surface area contributed by atoms with E-state index < -0.39 is 0 Å². The van der Waals surface area contributed by atoms with E-state index in [-0.39, 0.29) is 0 Å². The number of nitrogens with zero attached hydrogens (tertiary/aromatic N) is 2. The van der Waals surface area contributed by atoms with Gasteiger partial charge in [0.15, 0.2) is 0 Å². The molecule has 1 N–H and O–H groups in total. The monoisotopic (exact) mass is 229 g/mol. The summed E-state index contributed by atoms with van der Waals surface area (Å²) >= 11 is 0. The molecule has 1 aliphatic rings. The zero-order valence-electron chi connectivity index (χ0n) is 9.54. The highest BCUT2D eigenvalue weighted by atomic mass is 16.7. The van der Waals surface area contributed by atoms with Gasteiger partial charge in [-0.15, -0.1) is 0 Å². The van der Waals surface area contributed by atoms with Crippen LogP contribution in [0.4, 0.5) is 5.69 Å². The lowest BCUT2D eigenvalue weighted by atomic mass is 10.2. The lowest BCUT2D eigenvalue weighted by molar-refractivity contribution is -0.143. The molecule has 2 heterocycles. The summed E-state index contributed by atoms with van der Waals surface area (Å²) in [5.41, 5.74) is 5.62. The molecule has 0 saturated heterocycles. The first-order valence-corrected chi connectivity index (χ1v) is 5.77. The number of hydrazine groups is 1. The highest BCUT2D eigenvalue weighted by molar-refractivity contribution is 5.52. The Balaban J connectivity index is 1.49. The Morgan fingerprint density at radius 1 is 1.12 bits per heavy atom. The molecule has 3 rings (SSSR count). The zero-order valence-corrected chi connectivity index (χ0v) is 9.54. The molecule has 0 saturated carbocycles. The van der Waals surface area contributed by atoms with Crippen LogP contribution in [0.15, 0.2) is 48.8 Å². The Kier molecular flexibility index (Phi) is 2.81. The normalized spacial score (nSPS) is 14.6. The Bertz CT molecular complexity index is 456. The third-order valence-corrected chi connectivity index (χ3v) is 2.84. The number of hydrogen-bond donors (Lipinski definition) is 1. The van der Waals surface area contributed by atoms with Crippen LogP contribution in [0.3, 0.4) is 0 Å². The number of hydrogen-bond acceptors (Lipinski definition) is 3. The predicted molar refractivity (Wildman–Crippen MR) is 66.0 cm³/mol. The standard InChI is InChI=1S/C13H15N3O/c1-2-6-13-12(5-1)11-16(14-13)17-10-9-15-7-3-4-8-15/h1-8,14H,9-11H2. The van der Waals surface area contributed by atoms with Crippen LogP contribution >= 0.6 is 0 Å². The lowest BCUT2D eigenvalue weighted by Gasteiger charge is -2.15. The number of benzene rings is 1. The summed E-state index contributed by atoms with van der Waals surface area (Å²) in [4.78, 5) is 5.66. The Morgan fingerprint density at radius 3 is 2.76 bits per heavy atom. The highest BCUT2D eigenvalue weighted by Crippen LogP contribution is 2.24. The third kappa shape index (κ3) is 2.33. The Hall–Kier alpha value is -1.78. The van der Waals surface area contributed by atoms with Crippen molar-refractivity contribution >= 4 is 5.69 Å². The van der Waals surface area contributed by atoms with Crippen molar-refractivity contribution in [1.82, 2.24) is 9.74 Å². The van der Waals surface area contributed by atoms with Gasteiger partial charge in [-0.3, -0.25) is 10.3 Å². The van der Waals surface area contributed by atoms with E-state index in [4.69, 9.17) is 4.84 Å². The van der Waals surface area contributed by atoms with Gasteiger partial charge in [0.05, 0.1) is 18.8 Å². The van der Waals surface area contributed by atoms with Crippen molar-refractivity contribution in [3.63, 3.8) is 0 Å². The van der Waals surface area contributed by atoms with Gasteiger partial charge in [-0.05, 0) is 23.8 Å². The van der Waals surface area contributed by atoms with E-state index in [0.29, 0.717) is 6.61 Å². The van der Waals surface area contributed by atoms with Gasteiger partial charge in [0.2, 0.25) is 0 Å². The number of fused-ring (bicyclic) bond motifs is 1. The summed E-state index contributed by atoms with van der Waals surface area (Å²) in [5.74, 6) is 0. The van der Waals surface area contributed by atoms with Gasteiger partial charge in [0.1, 0.15) is 0 Å². The van der Waals surface area contributed by atoms with Gasteiger partial charge >= 0.3 is 0 Å². The summed E-state index contributed by atoms with van der Waals surface area (Å²) in [6.45, 7) is 2.32. The molecule has 4 nitrogen and oxygen atoms in total. The summed E-state index contributed by atoms with van der Waals surface area (Å²) in [5, 5.41) is 1.79. The molecular formula is C13H15N3O. The summed E-state index contributed by atoms with van der Waals surface area (Å²) in [7, 11) is 0. The van der Waals surface area contributed by atoms with E-state index in [1.54, 1.807) is 5.17 Å². The van der Waals surface area contributed by atoms with Crippen molar-refractivity contribution in [2.75, 3.05) is 12.0 Å². The second kappa shape index (κ2) is 4.61. The van der Waals surface area contributed by atoms with Gasteiger partial charge < -0.3 is 4.57 Å². The molecule has 4 heteroatoms. The molecule has 0 bridgehead atoms. The second-order valence-corrected chi connectivity index (χ2v) is 4.06. The second-order valence-electron chi connectivity index (χ2n) is 4.06. The van der Waals surface area contributed by atoms with Crippen LogP contribution in [-0.4, -0.2) is 16.3 Å². The van der Waals surface area contributed by atoms with E-state index in [1.165, 1.54) is 5.56 Å². The fourth-order valence-corrected chi connectivity index (χ4v) is 1.95. The van der Waals surface area contributed by atoms with Crippen LogP contribution in [0, 0.1) is 0 Å². The molecule has 0 aliphatic carbocycles. The number of hydroxylamine groups is 1. The number of anilines is 1. The van der Waals surface area contributed by atoms with Crippen LogP contribution in [0.5, 0.6) is 0 Å². The maximum atomic E-state index is 5.66. The van der Waals surface area contributed by atoms with E-state index in [0.717, 1.165) is 18.8 Å². The van der Waals surface area contributed by atoms with Crippen molar-refractivity contribution in [2.45, 2.75) is 13.1 Å². The van der Waals surface area contributed by atoms with Gasteiger partial charge in [-0.1, -0.05) is 23.4 Å². The average Bonchev–Trinajstić information content (AvgIpc) is 2.96. The largest absolute Gasteiger partial charge is 0.352 e. The number of para-hydroxylation sites is 1. The molecule has 0 unspecified atom stereocenters. The fraction of sp³-hybridized carbons (Fsp3) is 0.231. The van der Waals surface area contributed by atoms with E-state index in [2.05, 4.69) is 22.1 Å². The van der Waals surface area contributed by atoms with Crippen LogP contribution < -0.4 is 5.43 Å². The number of rotatable bonds is 4. The van der Waals surface area contributed by atoms with Gasteiger partial charge in [0, 0.05) is 18.9 Å². The maximum absolute atomic E-state index is 5.66. The van der Waals surface area contributed by atoms with Crippen molar-refractivity contribution in [2.24, 2.45) is 0 Å². The minimum atomic E-state index is 0.662. The summed E-state index contributed by atoms with van der Waals surface area (Å²) in [6.07, 6.45) is 4.07. The molecule has 17 heavy (non-hydrogen) atoms. The molecule has 0 amide bonds. The predicted octanol–water partition coefficient (Wildman–Crippen LogP) is 2.26. The number of nitrogens with one attached hydrogen (secondary N) is 1. The quantitative estimate of drug-likeness (QED) is 0.872. The average molecular weight is 229 g/mol. The molecular weight excluding hydrogens is 214 g/mol. The summed E-state index contributed by atoms with van der Waals surface area (Å²) < 4.78 is 2.10. The van der Waals surface area contributed by atoms with Gasteiger partial charge in [-0.2, -0.15) is 0 Å². The molecule has 0 radical (unpaired) electrons. The van der Waals surface area contributed by atoms with E-state index in [9.17, 15) is 0 Å². The minimum Gasteiger partial charge on any atom is -0.352 e. The van der Waals surface area contributed by atoms with E-state index in [1.807, 2.05) is 36.7 Å². The zero-order chi connectivity index (χ0) is 11.5.